The van der Waals surface area contributed by atoms with Gasteiger partial charge in [-0.3, -0.25) is 13.9 Å². The molecule has 1 saturated carbocycles. The summed E-state index contributed by atoms with van der Waals surface area (Å²) in [7, 11) is -4.18. The number of anilines is 1. The molecule has 1 fully saturated rings. The molecule has 1 N–H and O–H groups in total. The van der Waals surface area contributed by atoms with E-state index >= 15 is 0 Å². The molecule has 0 saturated heterocycles. The molecule has 1 atom stereocenters. The van der Waals surface area contributed by atoms with Crippen molar-refractivity contribution >= 4 is 66.7 Å². The normalized spacial score (nSPS) is 14.7. The number of hydrogen-bond donors (Lipinski definition) is 1. The van der Waals surface area contributed by atoms with Gasteiger partial charge in [0.05, 0.1) is 20.6 Å². The van der Waals surface area contributed by atoms with Gasteiger partial charge in [-0.25, -0.2) is 8.42 Å². The molecule has 3 aromatic carbocycles. The fourth-order valence-electron chi connectivity index (χ4n) is 4.83. The van der Waals surface area contributed by atoms with E-state index in [1.54, 1.807) is 25.1 Å². The fourth-order valence-corrected chi connectivity index (χ4v) is 6.81. The third kappa shape index (κ3) is 8.03. The molecule has 1 aliphatic carbocycles. The third-order valence-corrected chi connectivity index (χ3v) is 10.2. The van der Waals surface area contributed by atoms with Gasteiger partial charge < -0.3 is 10.2 Å². The predicted octanol–water partition coefficient (Wildman–Crippen LogP) is 6.82. The van der Waals surface area contributed by atoms with Crippen molar-refractivity contribution in [2.24, 2.45) is 0 Å². The molecule has 0 radical (unpaired) electrons. The highest BCUT2D eigenvalue weighted by Crippen LogP contribution is 2.31. The van der Waals surface area contributed by atoms with Crippen LogP contribution in [0.2, 0.25) is 10.0 Å². The van der Waals surface area contributed by atoms with Crippen molar-refractivity contribution in [3.63, 3.8) is 0 Å². The first-order valence-corrected chi connectivity index (χ1v) is 16.4. The predicted molar refractivity (Wildman–Crippen MR) is 167 cm³/mol. The van der Waals surface area contributed by atoms with Crippen molar-refractivity contribution in [1.29, 1.82) is 0 Å². The van der Waals surface area contributed by atoms with Crippen LogP contribution in [-0.2, 0) is 26.2 Å². The first kappa shape index (κ1) is 31.3. The molecule has 218 valence electrons. The van der Waals surface area contributed by atoms with Crippen LogP contribution in [0.1, 0.15) is 44.6 Å². The topological polar surface area (TPSA) is 86.8 Å². The smallest absolute Gasteiger partial charge is 0.264 e. The van der Waals surface area contributed by atoms with E-state index in [-0.39, 0.29) is 39.1 Å². The summed E-state index contributed by atoms with van der Waals surface area (Å²) in [6, 6.07) is 18.9. The maximum absolute atomic E-state index is 14.0. The van der Waals surface area contributed by atoms with Gasteiger partial charge in [0.1, 0.15) is 12.6 Å². The highest BCUT2D eigenvalue weighted by Gasteiger charge is 2.33. The summed E-state index contributed by atoms with van der Waals surface area (Å²) in [6.07, 6.45) is 5.06. The molecule has 4 rings (SSSR count). The van der Waals surface area contributed by atoms with E-state index in [1.165, 1.54) is 35.2 Å². The Morgan fingerprint density at radius 3 is 2.24 bits per heavy atom. The van der Waals surface area contributed by atoms with E-state index in [1.807, 2.05) is 24.3 Å². The molecular formula is C30H32BrCl2N3O4S. The first-order valence-electron chi connectivity index (χ1n) is 13.4. The van der Waals surface area contributed by atoms with Crippen LogP contribution in [-0.4, -0.2) is 43.8 Å². The molecule has 2 amide bonds. The molecular weight excluding hydrogens is 649 g/mol. The van der Waals surface area contributed by atoms with Crippen LogP contribution >= 0.6 is 39.1 Å². The summed E-state index contributed by atoms with van der Waals surface area (Å²) >= 11 is 15.8. The highest BCUT2D eigenvalue weighted by molar-refractivity contribution is 9.10. The van der Waals surface area contributed by atoms with Crippen molar-refractivity contribution in [1.82, 2.24) is 10.2 Å². The van der Waals surface area contributed by atoms with Gasteiger partial charge in [0.2, 0.25) is 11.8 Å². The number of nitrogens with zero attached hydrogens (tertiary/aromatic N) is 2. The Kier molecular flexibility index (Phi) is 10.7. The standard InChI is InChI=1S/C30H32BrCl2N3O4S/c1-21(30(38)34-24-8-4-2-5-9-24)35(19-22-12-14-23(31)15-13-22)29(37)20-36(25-16-17-27(32)28(33)18-25)41(39,40)26-10-6-3-7-11-26/h3,6-7,10-18,21,24H,2,4-5,8-9,19-20H2,1H3,(H,34,38). The van der Waals surface area contributed by atoms with Gasteiger partial charge >= 0.3 is 0 Å². The number of carbonyl (C=O) groups excluding carboxylic acids is 2. The highest BCUT2D eigenvalue weighted by atomic mass is 79.9. The Labute approximate surface area is 260 Å². The Morgan fingerprint density at radius 1 is 0.951 bits per heavy atom. The van der Waals surface area contributed by atoms with Gasteiger partial charge in [-0.05, 0) is 67.8 Å². The molecule has 0 aromatic heterocycles. The van der Waals surface area contributed by atoms with Crippen LogP contribution in [0.15, 0.2) is 82.2 Å². The van der Waals surface area contributed by atoms with Crippen LogP contribution in [0.25, 0.3) is 0 Å². The van der Waals surface area contributed by atoms with Crippen LogP contribution < -0.4 is 9.62 Å². The first-order chi connectivity index (χ1) is 19.6. The summed E-state index contributed by atoms with van der Waals surface area (Å²) in [5.41, 5.74) is 0.977. The fraction of sp³-hybridized carbons (Fsp3) is 0.333. The zero-order chi connectivity index (χ0) is 29.6. The zero-order valence-electron chi connectivity index (χ0n) is 22.6. The van der Waals surface area contributed by atoms with Gasteiger partial charge in [0.25, 0.3) is 10.0 Å². The number of nitrogens with one attached hydrogen (secondary N) is 1. The summed E-state index contributed by atoms with van der Waals surface area (Å²) in [5.74, 6) is -0.806. The average molecular weight is 681 g/mol. The summed E-state index contributed by atoms with van der Waals surface area (Å²) in [5, 5.41) is 3.50. The third-order valence-electron chi connectivity index (χ3n) is 7.19. The van der Waals surface area contributed by atoms with Crippen LogP contribution in [0.4, 0.5) is 5.69 Å². The van der Waals surface area contributed by atoms with E-state index in [4.69, 9.17) is 23.2 Å². The van der Waals surface area contributed by atoms with Crippen LogP contribution in [0.3, 0.4) is 0 Å². The number of halogens is 3. The minimum Gasteiger partial charge on any atom is -0.352 e. The molecule has 0 spiro atoms. The van der Waals surface area contributed by atoms with Crippen molar-refractivity contribution in [3.8, 4) is 0 Å². The molecule has 0 heterocycles. The molecule has 0 bridgehead atoms. The summed E-state index contributed by atoms with van der Waals surface area (Å²) in [4.78, 5) is 28.9. The second-order valence-corrected chi connectivity index (χ2v) is 13.7. The lowest BCUT2D eigenvalue weighted by Gasteiger charge is -2.33. The zero-order valence-corrected chi connectivity index (χ0v) is 26.5. The molecule has 3 aromatic rings. The van der Waals surface area contributed by atoms with E-state index in [2.05, 4.69) is 21.2 Å². The molecule has 41 heavy (non-hydrogen) atoms. The van der Waals surface area contributed by atoms with Gasteiger partial charge in [-0.15, -0.1) is 0 Å². The second kappa shape index (κ2) is 14.1. The molecule has 7 nitrogen and oxygen atoms in total. The van der Waals surface area contributed by atoms with E-state index in [0.717, 1.165) is 46.4 Å². The van der Waals surface area contributed by atoms with Gasteiger partial charge in [0, 0.05) is 17.1 Å². The Morgan fingerprint density at radius 2 is 1.61 bits per heavy atom. The molecule has 0 aliphatic heterocycles. The van der Waals surface area contributed by atoms with Crippen molar-refractivity contribution in [2.45, 2.75) is 62.6 Å². The number of sulfonamides is 1. The Balaban J connectivity index is 1.68. The van der Waals surface area contributed by atoms with Crippen LogP contribution in [0, 0.1) is 0 Å². The molecule has 1 unspecified atom stereocenters. The lowest BCUT2D eigenvalue weighted by Crippen LogP contribution is -2.53. The largest absolute Gasteiger partial charge is 0.352 e. The summed E-state index contributed by atoms with van der Waals surface area (Å²) in [6.45, 7) is 1.24. The van der Waals surface area contributed by atoms with Gasteiger partial charge in [-0.1, -0.05) is 88.7 Å². The quantitative estimate of drug-likeness (QED) is 0.255. The molecule has 1 aliphatic rings. The number of amides is 2. The number of rotatable bonds is 10. The maximum atomic E-state index is 14.0. The monoisotopic (exact) mass is 679 g/mol. The lowest BCUT2D eigenvalue weighted by molar-refractivity contribution is -0.139. The van der Waals surface area contributed by atoms with E-state index in [9.17, 15) is 18.0 Å². The van der Waals surface area contributed by atoms with Crippen molar-refractivity contribution in [2.75, 3.05) is 10.8 Å². The van der Waals surface area contributed by atoms with E-state index < -0.39 is 28.5 Å². The SMILES string of the molecule is CC(C(=O)NC1CCCCC1)N(Cc1ccc(Br)cc1)C(=O)CN(c1ccc(Cl)c(Cl)c1)S(=O)(=O)c1ccccc1. The minimum atomic E-state index is -4.18. The molecule has 11 heteroatoms. The maximum Gasteiger partial charge on any atom is 0.264 e. The van der Waals surface area contributed by atoms with Gasteiger partial charge in [-0.2, -0.15) is 0 Å². The second-order valence-electron chi connectivity index (χ2n) is 10.1. The van der Waals surface area contributed by atoms with E-state index in [0.29, 0.717) is 0 Å². The van der Waals surface area contributed by atoms with Gasteiger partial charge in [0.15, 0.2) is 0 Å². The van der Waals surface area contributed by atoms with Crippen LogP contribution in [0.5, 0.6) is 0 Å². The lowest BCUT2D eigenvalue weighted by atomic mass is 9.95. The summed E-state index contributed by atoms with van der Waals surface area (Å²) < 4.78 is 29.6. The van der Waals surface area contributed by atoms with Crippen molar-refractivity contribution in [3.05, 3.63) is 92.9 Å². The minimum absolute atomic E-state index is 0.0152. The van der Waals surface area contributed by atoms with Crippen molar-refractivity contribution < 1.29 is 18.0 Å². The number of hydrogen-bond acceptors (Lipinski definition) is 4. The Hall–Kier alpha value is -2.59. The average Bonchev–Trinajstić information content (AvgIpc) is 2.97. The number of benzene rings is 3. The number of carbonyl (C=O) groups is 2. The Bertz CT molecular complexity index is 1470.